The van der Waals surface area contributed by atoms with Crippen LogP contribution in [0.4, 0.5) is 15.6 Å². The molecule has 2 aliphatic carbocycles. The SMILES string of the molecule is CN(C)C(=O)O[C@@H]1[C@H](Nc2c(Cl)cnc3nc(-c4sc(N5CCOCC5)nc4Cl)[nH]c23)[C@H]2C=C[C@@H]1C2. The number of hydrogen-bond acceptors (Lipinski definition) is 9. The van der Waals surface area contributed by atoms with E-state index in [2.05, 4.69) is 42.3 Å². The third-order valence-corrected chi connectivity index (χ3v) is 8.64. The summed E-state index contributed by atoms with van der Waals surface area (Å²) >= 11 is 14.6. The van der Waals surface area contributed by atoms with Crippen LogP contribution >= 0.6 is 34.5 Å². The van der Waals surface area contributed by atoms with Crippen LogP contribution in [-0.4, -0.2) is 83.5 Å². The number of nitrogens with one attached hydrogen (secondary N) is 2. The Morgan fingerprint density at radius 2 is 2.03 bits per heavy atom. The van der Waals surface area contributed by atoms with Gasteiger partial charge in [-0.05, 0) is 6.42 Å². The number of aromatic nitrogens is 4. The number of morpholine rings is 1. The number of thiazole rings is 1. The molecule has 1 aliphatic heterocycles. The molecule has 13 heteroatoms. The Balaban J connectivity index is 1.32. The normalized spacial score (nSPS) is 25.1. The molecule has 4 heterocycles. The molecule has 190 valence electrons. The van der Waals surface area contributed by atoms with Gasteiger partial charge < -0.3 is 29.6 Å². The van der Waals surface area contributed by atoms with Crippen molar-refractivity contribution < 1.29 is 14.3 Å². The van der Waals surface area contributed by atoms with Crippen LogP contribution in [-0.2, 0) is 9.47 Å². The molecule has 0 spiro atoms. The Labute approximate surface area is 221 Å². The molecule has 3 aliphatic rings. The highest BCUT2D eigenvalue weighted by atomic mass is 35.5. The number of fused-ring (bicyclic) bond motifs is 3. The highest BCUT2D eigenvalue weighted by Crippen LogP contribution is 2.44. The van der Waals surface area contributed by atoms with Gasteiger partial charge in [0.1, 0.15) is 16.5 Å². The average Bonchev–Trinajstić information content (AvgIpc) is 3.65. The van der Waals surface area contributed by atoms with Crippen LogP contribution in [0.2, 0.25) is 10.2 Å². The highest BCUT2D eigenvalue weighted by Gasteiger charge is 2.47. The second-order valence-corrected chi connectivity index (χ2v) is 11.1. The van der Waals surface area contributed by atoms with E-state index in [1.165, 1.54) is 16.2 Å². The molecule has 2 N–H and O–H groups in total. The number of halogens is 2. The zero-order chi connectivity index (χ0) is 25.0. The van der Waals surface area contributed by atoms with E-state index in [1.54, 1.807) is 20.3 Å². The third-order valence-electron chi connectivity index (χ3n) is 6.85. The number of anilines is 2. The molecule has 1 saturated carbocycles. The first kappa shape index (κ1) is 23.8. The van der Waals surface area contributed by atoms with Crippen LogP contribution in [0.25, 0.3) is 21.9 Å². The van der Waals surface area contributed by atoms with E-state index in [4.69, 9.17) is 32.7 Å². The second-order valence-electron chi connectivity index (χ2n) is 9.34. The number of aromatic amines is 1. The van der Waals surface area contributed by atoms with Gasteiger partial charge >= 0.3 is 6.09 Å². The largest absolute Gasteiger partial charge is 0.443 e. The summed E-state index contributed by atoms with van der Waals surface area (Å²) in [6.45, 7) is 2.87. The van der Waals surface area contributed by atoms with E-state index in [-0.39, 0.29) is 30.1 Å². The molecule has 36 heavy (non-hydrogen) atoms. The Kier molecular flexibility index (Phi) is 6.19. The van der Waals surface area contributed by atoms with Crippen LogP contribution in [0, 0.1) is 11.8 Å². The summed E-state index contributed by atoms with van der Waals surface area (Å²) in [6, 6.07) is -0.126. The van der Waals surface area contributed by atoms with Crippen molar-refractivity contribution in [3.8, 4) is 10.7 Å². The van der Waals surface area contributed by atoms with Crippen LogP contribution in [0.5, 0.6) is 0 Å². The zero-order valence-corrected chi connectivity index (χ0v) is 22.0. The standard InChI is InChI=1S/C23H25Cl2N7O3S/c1-31(2)23(33)35-17-12-4-3-11(9-12)14(17)27-15-13(24)10-26-20-16(15)28-21(30-20)18-19(25)29-22(36-18)32-5-7-34-8-6-32/h3-4,10-12,14,17H,5-9H2,1-2H3,(H2,26,27,28,30)/t11-,12+,14+,17-/m0/s1. The molecule has 0 unspecified atom stereocenters. The molecule has 1 saturated heterocycles. The molecule has 4 atom stereocenters. The number of H-pyrrole nitrogens is 1. The fourth-order valence-corrected chi connectivity index (χ4v) is 6.51. The van der Waals surface area contributed by atoms with Crippen LogP contribution < -0.4 is 10.2 Å². The number of pyridine rings is 1. The molecule has 3 aromatic heterocycles. The van der Waals surface area contributed by atoms with Gasteiger partial charge in [0.25, 0.3) is 0 Å². The van der Waals surface area contributed by atoms with Crippen molar-refractivity contribution in [2.45, 2.75) is 18.6 Å². The maximum absolute atomic E-state index is 12.3. The van der Waals surface area contributed by atoms with Gasteiger partial charge in [-0.3, -0.25) is 0 Å². The zero-order valence-electron chi connectivity index (χ0n) is 19.7. The smallest absolute Gasteiger partial charge is 0.409 e. The number of rotatable bonds is 5. The lowest BCUT2D eigenvalue weighted by atomic mass is 9.98. The molecule has 0 aromatic carbocycles. The lowest BCUT2D eigenvalue weighted by Crippen LogP contribution is -2.42. The van der Waals surface area contributed by atoms with Crippen LogP contribution in [0.1, 0.15) is 6.42 Å². The van der Waals surface area contributed by atoms with Crippen molar-refractivity contribution in [2.24, 2.45) is 11.8 Å². The summed E-state index contributed by atoms with van der Waals surface area (Å²) in [5, 5.41) is 5.23. The highest BCUT2D eigenvalue weighted by molar-refractivity contribution is 7.19. The van der Waals surface area contributed by atoms with Crippen molar-refractivity contribution >= 4 is 62.6 Å². The van der Waals surface area contributed by atoms with E-state index < -0.39 is 0 Å². The van der Waals surface area contributed by atoms with E-state index >= 15 is 0 Å². The Morgan fingerprint density at radius 1 is 1.25 bits per heavy atom. The minimum absolute atomic E-state index is 0.126. The Bertz CT molecular complexity index is 1340. The first-order valence-electron chi connectivity index (χ1n) is 11.8. The summed E-state index contributed by atoms with van der Waals surface area (Å²) < 4.78 is 11.3. The van der Waals surface area contributed by atoms with Gasteiger partial charge in [0.2, 0.25) is 0 Å². The minimum atomic E-state index is -0.363. The predicted molar refractivity (Wildman–Crippen MR) is 140 cm³/mol. The quantitative estimate of drug-likeness (QED) is 0.454. The number of hydrogen-bond donors (Lipinski definition) is 2. The second kappa shape index (κ2) is 9.37. The maximum atomic E-state index is 12.3. The molecule has 0 radical (unpaired) electrons. The summed E-state index contributed by atoms with van der Waals surface area (Å²) in [5.74, 6) is 0.969. The van der Waals surface area contributed by atoms with Gasteiger partial charge in [0.05, 0.1) is 36.2 Å². The summed E-state index contributed by atoms with van der Waals surface area (Å²) in [6.07, 6.45) is 6.14. The lowest BCUT2D eigenvalue weighted by molar-refractivity contribution is 0.0574. The molecule has 1 amide bonds. The average molecular weight is 550 g/mol. The van der Waals surface area contributed by atoms with E-state index in [9.17, 15) is 4.79 Å². The molecular weight excluding hydrogens is 525 g/mol. The van der Waals surface area contributed by atoms with Crippen LogP contribution in [0.15, 0.2) is 18.3 Å². The lowest BCUT2D eigenvalue weighted by Gasteiger charge is -2.30. The maximum Gasteiger partial charge on any atom is 0.409 e. The van der Waals surface area contributed by atoms with Gasteiger partial charge in [-0.1, -0.05) is 46.7 Å². The molecule has 3 aromatic rings. The number of nitrogens with zero attached hydrogens (tertiary/aromatic N) is 5. The van der Waals surface area contributed by atoms with Gasteiger partial charge in [0, 0.05) is 39.0 Å². The van der Waals surface area contributed by atoms with Gasteiger partial charge in [-0.25, -0.2) is 19.7 Å². The first-order chi connectivity index (χ1) is 17.4. The van der Waals surface area contributed by atoms with Crippen molar-refractivity contribution in [3.63, 3.8) is 0 Å². The number of carbonyl (C=O) groups is 1. The Hall–Kier alpha value is -2.60. The van der Waals surface area contributed by atoms with Crippen molar-refractivity contribution in [2.75, 3.05) is 50.6 Å². The van der Waals surface area contributed by atoms with Crippen molar-refractivity contribution in [1.29, 1.82) is 0 Å². The van der Waals surface area contributed by atoms with Crippen molar-refractivity contribution in [3.05, 3.63) is 28.5 Å². The monoisotopic (exact) mass is 549 g/mol. The van der Waals surface area contributed by atoms with Crippen LogP contribution in [0.3, 0.4) is 0 Å². The predicted octanol–water partition coefficient (Wildman–Crippen LogP) is 4.28. The number of amides is 1. The van der Waals surface area contributed by atoms with E-state index in [1.807, 2.05) is 0 Å². The molecule has 6 rings (SSSR count). The Morgan fingerprint density at radius 3 is 2.81 bits per heavy atom. The fourth-order valence-electron chi connectivity index (χ4n) is 5.02. The molecule has 10 nitrogen and oxygen atoms in total. The fraction of sp³-hybridized carbons (Fsp3) is 0.478. The summed E-state index contributed by atoms with van der Waals surface area (Å²) in [4.78, 5) is 33.7. The molecular formula is C23H25Cl2N7O3S. The van der Waals surface area contributed by atoms with E-state index in [0.29, 0.717) is 46.1 Å². The van der Waals surface area contributed by atoms with E-state index in [0.717, 1.165) is 29.5 Å². The topological polar surface area (TPSA) is 108 Å². The molecule has 2 fully saturated rings. The number of imidazole rings is 1. The number of ether oxygens (including phenoxy) is 2. The van der Waals surface area contributed by atoms with Gasteiger partial charge in [-0.15, -0.1) is 0 Å². The third kappa shape index (κ3) is 4.17. The van der Waals surface area contributed by atoms with Crippen molar-refractivity contribution in [1.82, 2.24) is 24.8 Å². The number of carbonyl (C=O) groups excluding carboxylic acids is 1. The van der Waals surface area contributed by atoms with Gasteiger partial charge in [0.15, 0.2) is 21.8 Å². The first-order valence-corrected chi connectivity index (χ1v) is 13.3. The van der Waals surface area contributed by atoms with Gasteiger partial charge in [-0.2, -0.15) is 0 Å². The summed E-state index contributed by atoms with van der Waals surface area (Å²) in [5.41, 5.74) is 1.85. The summed E-state index contributed by atoms with van der Waals surface area (Å²) in [7, 11) is 3.36. The molecule has 2 bridgehead atoms. The minimum Gasteiger partial charge on any atom is -0.443 e.